The van der Waals surface area contributed by atoms with Crippen LogP contribution < -0.4 is 0 Å². The van der Waals surface area contributed by atoms with Gasteiger partial charge in [0.2, 0.25) is 0 Å². The standard InChI is InChI=1S/C18H12F20O3S2/c1-42(2,7-8-3-5-9(6-4-8)10(19,20)21)41-43(39,40)18(37,38)16(32,33)14(28,29)12(24,25)11(22,23)13(26,27)15(30,31)17(34,35)36/h3-6H,7H2,1-2H3. The average Bonchev–Trinajstić information content (AvgIpc) is 2.76. The predicted octanol–water partition coefficient (Wildman–Crippen LogP) is 8.50. The van der Waals surface area contributed by atoms with Crippen molar-refractivity contribution in [2.75, 3.05) is 12.5 Å². The summed E-state index contributed by atoms with van der Waals surface area (Å²) < 4.78 is 293. The minimum atomic E-state index is -8.98. The van der Waals surface area contributed by atoms with E-state index in [0.29, 0.717) is 36.8 Å². The molecule has 25 heteroatoms. The number of benzene rings is 1. The maximum Gasteiger partial charge on any atom is 0.460 e. The minimum absolute atomic E-state index is 0.322. The Bertz CT molecular complexity index is 1260. The summed E-state index contributed by atoms with van der Waals surface area (Å²) in [7, 11) is -11.8. The quantitative estimate of drug-likeness (QED) is 0.216. The molecule has 254 valence electrons. The zero-order chi connectivity index (χ0) is 34.9. The molecule has 0 bridgehead atoms. The van der Waals surface area contributed by atoms with E-state index in [4.69, 9.17) is 0 Å². The Hall–Kier alpha value is -1.92. The molecular formula is C18H12F20O3S2. The number of hydrogen-bond donors (Lipinski definition) is 0. The summed E-state index contributed by atoms with van der Waals surface area (Å²) in [6.07, 6.45) is -12.0. The van der Waals surface area contributed by atoms with Crippen LogP contribution in [0.1, 0.15) is 11.1 Å². The summed E-state index contributed by atoms with van der Waals surface area (Å²) in [6.45, 7) is 0. The van der Waals surface area contributed by atoms with E-state index in [1.165, 1.54) is 0 Å². The van der Waals surface area contributed by atoms with Crippen LogP contribution in [0.25, 0.3) is 0 Å². The van der Waals surface area contributed by atoms with Gasteiger partial charge in [0.05, 0.1) is 5.56 Å². The number of alkyl halides is 20. The van der Waals surface area contributed by atoms with Crippen LogP contribution in [0, 0.1) is 0 Å². The largest absolute Gasteiger partial charge is 0.460 e. The van der Waals surface area contributed by atoms with Crippen molar-refractivity contribution in [1.82, 2.24) is 0 Å². The van der Waals surface area contributed by atoms with Crippen LogP contribution in [0.2, 0.25) is 0 Å². The van der Waals surface area contributed by atoms with Gasteiger partial charge >= 0.3 is 63.3 Å². The van der Waals surface area contributed by atoms with Gasteiger partial charge in [-0.05, 0) is 30.2 Å². The van der Waals surface area contributed by atoms with Crippen LogP contribution in [0.3, 0.4) is 0 Å². The molecule has 0 unspecified atom stereocenters. The van der Waals surface area contributed by atoms with Crippen molar-refractivity contribution in [1.29, 1.82) is 0 Å². The second-order valence-corrected chi connectivity index (χ2v) is 13.9. The minimum Gasteiger partial charge on any atom is -0.215 e. The highest BCUT2D eigenvalue weighted by Gasteiger charge is 2.96. The molecule has 0 fully saturated rings. The van der Waals surface area contributed by atoms with Crippen LogP contribution in [0.5, 0.6) is 0 Å². The molecule has 0 N–H and O–H groups in total. The summed E-state index contributed by atoms with van der Waals surface area (Å²) in [6, 6.07) is 1.74. The van der Waals surface area contributed by atoms with Crippen LogP contribution >= 0.6 is 10.3 Å². The molecule has 43 heavy (non-hydrogen) atoms. The first kappa shape index (κ1) is 39.1. The fourth-order valence-electron chi connectivity index (χ4n) is 2.81. The van der Waals surface area contributed by atoms with Gasteiger partial charge in [-0.25, -0.2) is 3.63 Å². The third-order valence-corrected chi connectivity index (χ3v) is 9.18. The lowest BCUT2D eigenvalue weighted by Gasteiger charge is -2.42. The Labute approximate surface area is 227 Å². The van der Waals surface area contributed by atoms with Crippen molar-refractivity contribution in [2.24, 2.45) is 0 Å². The van der Waals surface area contributed by atoms with E-state index in [1.807, 2.05) is 0 Å². The molecule has 0 atom stereocenters. The lowest BCUT2D eigenvalue weighted by Crippen LogP contribution is -2.75. The zero-order valence-electron chi connectivity index (χ0n) is 20.1. The predicted molar refractivity (Wildman–Crippen MR) is 105 cm³/mol. The van der Waals surface area contributed by atoms with Crippen LogP contribution in [0.4, 0.5) is 87.8 Å². The second kappa shape index (κ2) is 10.6. The van der Waals surface area contributed by atoms with E-state index in [0.717, 1.165) is 0 Å². The zero-order valence-corrected chi connectivity index (χ0v) is 21.8. The molecule has 0 aliphatic rings. The molecule has 0 heterocycles. The Morgan fingerprint density at radius 1 is 0.535 bits per heavy atom. The molecule has 3 nitrogen and oxygen atoms in total. The highest BCUT2D eigenvalue weighted by molar-refractivity contribution is 8.31. The molecule has 0 aliphatic carbocycles. The fraction of sp³-hybridized carbons (Fsp3) is 0.667. The molecule has 0 radical (unpaired) electrons. The summed E-state index contributed by atoms with van der Waals surface area (Å²) in [5, 5.41) is -7.85. The fourth-order valence-corrected chi connectivity index (χ4v) is 6.72. The van der Waals surface area contributed by atoms with Gasteiger partial charge in [-0.3, -0.25) is 0 Å². The van der Waals surface area contributed by atoms with E-state index >= 15 is 0 Å². The molecule has 0 aliphatic heterocycles. The van der Waals surface area contributed by atoms with Crippen molar-refractivity contribution in [3.05, 3.63) is 35.4 Å². The highest BCUT2D eigenvalue weighted by Crippen LogP contribution is 2.65. The van der Waals surface area contributed by atoms with E-state index in [-0.39, 0.29) is 0 Å². The van der Waals surface area contributed by atoms with Crippen molar-refractivity contribution in [3.8, 4) is 0 Å². The van der Waals surface area contributed by atoms with Gasteiger partial charge in [-0.2, -0.15) is 96.2 Å². The summed E-state index contributed by atoms with van der Waals surface area (Å²) in [4.78, 5) is 0. The normalized spacial score (nSPS) is 16.4. The van der Waals surface area contributed by atoms with Gasteiger partial charge in [0.15, 0.2) is 0 Å². The monoisotopic (exact) mass is 720 g/mol. The van der Waals surface area contributed by atoms with Gasteiger partial charge in [0, 0.05) is 5.75 Å². The molecular weight excluding hydrogens is 708 g/mol. The molecule has 0 saturated heterocycles. The van der Waals surface area contributed by atoms with Gasteiger partial charge in [-0.15, -0.1) is 10.3 Å². The third-order valence-electron chi connectivity index (χ3n) is 5.08. The van der Waals surface area contributed by atoms with Crippen LogP contribution in [-0.4, -0.2) is 67.9 Å². The Balaban J connectivity index is 3.56. The molecule has 0 spiro atoms. The summed E-state index contributed by atoms with van der Waals surface area (Å²) in [5.74, 6) is -53.6. The van der Waals surface area contributed by atoms with Gasteiger partial charge < -0.3 is 0 Å². The summed E-state index contributed by atoms with van der Waals surface area (Å²) in [5.41, 5.74) is -1.77. The average molecular weight is 720 g/mol. The second-order valence-electron chi connectivity index (χ2n) is 8.76. The van der Waals surface area contributed by atoms with Crippen molar-refractivity contribution in [3.63, 3.8) is 0 Å². The van der Waals surface area contributed by atoms with E-state index < -0.39 is 90.4 Å². The van der Waals surface area contributed by atoms with Gasteiger partial charge in [-0.1, -0.05) is 12.1 Å². The van der Waals surface area contributed by atoms with E-state index in [2.05, 4.69) is 3.63 Å². The Kier molecular flexibility index (Phi) is 9.62. The molecule has 1 rings (SSSR count). The lowest BCUT2D eigenvalue weighted by atomic mass is 9.91. The molecule has 1 aromatic rings. The van der Waals surface area contributed by atoms with E-state index in [9.17, 15) is 96.2 Å². The maximum atomic E-state index is 14.2. The Morgan fingerprint density at radius 2 is 0.860 bits per heavy atom. The van der Waals surface area contributed by atoms with Crippen molar-refractivity contribution >= 4 is 20.4 Å². The van der Waals surface area contributed by atoms with Crippen molar-refractivity contribution in [2.45, 2.75) is 58.9 Å². The summed E-state index contributed by atoms with van der Waals surface area (Å²) >= 11 is 0. The number of halogens is 20. The lowest BCUT2D eigenvalue weighted by molar-refractivity contribution is -0.458. The van der Waals surface area contributed by atoms with E-state index in [1.54, 1.807) is 0 Å². The SMILES string of the molecule is CS(C)(Cc1ccc(C(F)(F)F)cc1)OS(=O)(=O)C(F)(F)C(F)(F)C(F)(F)C(F)(F)C(F)(F)C(F)(F)C(F)(F)C(F)(F)F. The number of rotatable bonds is 11. The first-order valence-electron chi connectivity index (χ1n) is 9.93. The molecule has 0 amide bonds. The molecule has 1 aromatic carbocycles. The van der Waals surface area contributed by atoms with Crippen LogP contribution in [0.15, 0.2) is 24.3 Å². The molecule has 0 saturated carbocycles. The first-order valence-corrected chi connectivity index (χ1v) is 13.9. The first-order chi connectivity index (χ1) is 18.4. The van der Waals surface area contributed by atoms with Crippen molar-refractivity contribution < 1.29 is 99.9 Å². The van der Waals surface area contributed by atoms with Crippen LogP contribution in [-0.2, 0) is 25.7 Å². The topological polar surface area (TPSA) is 43.4 Å². The Morgan fingerprint density at radius 3 is 1.19 bits per heavy atom. The highest BCUT2D eigenvalue weighted by atomic mass is 32.3. The maximum absolute atomic E-state index is 14.2. The van der Waals surface area contributed by atoms with Gasteiger partial charge in [0.25, 0.3) is 0 Å². The number of hydrogen-bond acceptors (Lipinski definition) is 3. The van der Waals surface area contributed by atoms with Gasteiger partial charge in [0.1, 0.15) is 0 Å². The molecule has 0 aromatic heterocycles. The third kappa shape index (κ3) is 6.17. The smallest absolute Gasteiger partial charge is 0.215 e.